The summed E-state index contributed by atoms with van der Waals surface area (Å²) in [6, 6.07) is 0. The van der Waals surface area contributed by atoms with Crippen LogP contribution < -0.4 is 0 Å². The molecular formula is C18H32O2. The Kier molecular flexibility index (Phi) is 10.6. The van der Waals surface area contributed by atoms with E-state index < -0.39 is 0 Å². The molecule has 0 N–H and O–H groups in total. The SMILES string of the molecule is CC/C=C\C/C=C\CCO[C@@H]1CC[C@H](CCCCC)O1. The molecule has 116 valence electrons. The lowest BCUT2D eigenvalue weighted by atomic mass is 10.1. The second-order valence-corrected chi connectivity index (χ2v) is 5.51. The average Bonchev–Trinajstić information content (AvgIpc) is 2.90. The molecular weight excluding hydrogens is 248 g/mol. The van der Waals surface area contributed by atoms with Crippen molar-refractivity contribution in [1.82, 2.24) is 0 Å². The fourth-order valence-corrected chi connectivity index (χ4v) is 2.45. The van der Waals surface area contributed by atoms with Crippen LogP contribution in [0.2, 0.25) is 0 Å². The second-order valence-electron chi connectivity index (χ2n) is 5.51. The zero-order valence-corrected chi connectivity index (χ0v) is 13.4. The highest BCUT2D eigenvalue weighted by molar-refractivity contribution is 4.92. The third-order valence-electron chi connectivity index (χ3n) is 3.63. The topological polar surface area (TPSA) is 18.5 Å². The Labute approximate surface area is 125 Å². The van der Waals surface area contributed by atoms with Gasteiger partial charge in [-0.3, -0.25) is 0 Å². The van der Waals surface area contributed by atoms with Crippen LogP contribution >= 0.6 is 0 Å². The number of rotatable bonds is 11. The van der Waals surface area contributed by atoms with Crippen molar-refractivity contribution < 1.29 is 9.47 Å². The predicted octanol–water partition coefficient (Wildman–Crippen LogP) is 5.39. The van der Waals surface area contributed by atoms with E-state index in [1.54, 1.807) is 0 Å². The zero-order valence-electron chi connectivity index (χ0n) is 13.4. The highest BCUT2D eigenvalue weighted by Gasteiger charge is 2.24. The standard InChI is InChI=1S/C18H32O2/c1-3-5-7-8-9-10-12-16-19-18-15-14-17(20-18)13-11-6-4-2/h5,7,9-10,17-18H,3-4,6,8,11-16H2,1-2H3/b7-5-,10-9-/t17-,18-/m0/s1. The molecule has 1 aliphatic heterocycles. The normalized spacial score (nSPS) is 23.3. The Bertz CT molecular complexity index is 271. The first kappa shape index (κ1) is 17.5. The molecule has 0 aliphatic carbocycles. The van der Waals surface area contributed by atoms with Gasteiger partial charge in [0.25, 0.3) is 0 Å². The van der Waals surface area contributed by atoms with Gasteiger partial charge in [0.15, 0.2) is 6.29 Å². The molecule has 2 heteroatoms. The summed E-state index contributed by atoms with van der Waals surface area (Å²) in [5.74, 6) is 0. The van der Waals surface area contributed by atoms with Crippen LogP contribution in [0.4, 0.5) is 0 Å². The van der Waals surface area contributed by atoms with Gasteiger partial charge in [0, 0.05) is 6.42 Å². The first-order chi connectivity index (χ1) is 9.86. The van der Waals surface area contributed by atoms with Gasteiger partial charge >= 0.3 is 0 Å². The molecule has 0 aromatic rings. The van der Waals surface area contributed by atoms with Crippen LogP contribution in [-0.4, -0.2) is 19.0 Å². The lowest BCUT2D eigenvalue weighted by Crippen LogP contribution is -2.14. The number of hydrogen-bond donors (Lipinski definition) is 0. The summed E-state index contributed by atoms with van der Waals surface area (Å²) in [6.07, 6.45) is 19.8. The van der Waals surface area contributed by atoms with Crippen LogP contribution in [0.5, 0.6) is 0 Å². The van der Waals surface area contributed by atoms with E-state index in [0.29, 0.717) is 6.10 Å². The Hall–Kier alpha value is -0.600. The molecule has 1 rings (SSSR count). The molecule has 1 aliphatic rings. The molecule has 20 heavy (non-hydrogen) atoms. The van der Waals surface area contributed by atoms with Crippen molar-refractivity contribution in [2.75, 3.05) is 6.61 Å². The highest BCUT2D eigenvalue weighted by Crippen LogP contribution is 2.24. The Morgan fingerprint density at radius 1 is 1.05 bits per heavy atom. The van der Waals surface area contributed by atoms with E-state index in [0.717, 1.165) is 32.3 Å². The molecule has 0 aromatic carbocycles. The van der Waals surface area contributed by atoms with Crippen molar-refractivity contribution in [3.63, 3.8) is 0 Å². The van der Waals surface area contributed by atoms with E-state index in [1.165, 1.54) is 32.1 Å². The van der Waals surface area contributed by atoms with Gasteiger partial charge in [0.05, 0.1) is 12.7 Å². The molecule has 1 heterocycles. The summed E-state index contributed by atoms with van der Waals surface area (Å²) < 4.78 is 11.7. The molecule has 2 atom stereocenters. The number of hydrogen-bond acceptors (Lipinski definition) is 2. The third-order valence-corrected chi connectivity index (χ3v) is 3.63. The molecule has 2 nitrogen and oxygen atoms in total. The van der Waals surface area contributed by atoms with Crippen molar-refractivity contribution in [2.45, 2.75) is 84.0 Å². The van der Waals surface area contributed by atoms with Crippen molar-refractivity contribution in [3.8, 4) is 0 Å². The predicted molar refractivity (Wildman–Crippen MR) is 85.8 cm³/mol. The van der Waals surface area contributed by atoms with Crippen LogP contribution in [0.25, 0.3) is 0 Å². The number of allylic oxidation sites excluding steroid dienone is 3. The van der Waals surface area contributed by atoms with E-state index in [4.69, 9.17) is 9.47 Å². The molecule has 1 saturated heterocycles. The fraction of sp³-hybridized carbons (Fsp3) is 0.778. The highest BCUT2D eigenvalue weighted by atomic mass is 16.7. The summed E-state index contributed by atoms with van der Waals surface area (Å²) in [5, 5.41) is 0. The maximum Gasteiger partial charge on any atom is 0.158 e. The van der Waals surface area contributed by atoms with Crippen molar-refractivity contribution >= 4 is 0 Å². The van der Waals surface area contributed by atoms with Gasteiger partial charge in [-0.25, -0.2) is 0 Å². The van der Waals surface area contributed by atoms with Gasteiger partial charge in [0.1, 0.15) is 0 Å². The van der Waals surface area contributed by atoms with E-state index in [-0.39, 0.29) is 6.29 Å². The second kappa shape index (κ2) is 12.2. The van der Waals surface area contributed by atoms with Gasteiger partial charge in [-0.2, -0.15) is 0 Å². The van der Waals surface area contributed by atoms with Gasteiger partial charge in [0.2, 0.25) is 0 Å². The molecule has 0 unspecified atom stereocenters. The summed E-state index contributed by atoms with van der Waals surface area (Å²) in [6.45, 7) is 5.18. The molecule has 0 radical (unpaired) electrons. The Morgan fingerprint density at radius 3 is 2.70 bits per heavy atom. The molecule has 1 fully saturated rings. The fourth-order valence-electron chi connectivity index (χ4n) is 2.45. The van der Waals surface area contributed by atoms with Crippen LogP contribution in [-0.2, 0) is 9.47 Å². The minimum absolute atomic E-state index is 0.0509. The molecule has 0 bridgehead atoms. The first-order valence-electron chi connectivity index (χ1n) is 8.43. The van der Waals surface area contributed by atoms with Crippen molar-refractivity contribution in [2.24, 2.45) is 0 Å². The van der Waals surface area contributed by atoms with Crippen molar-refractivity contribution in [1.29, 1.82) is 0 Å². The summed E-state index contributed by atoms with van der Waals surface area (Å²) in [5.41, 5.74) is 0. The van der Waals surface area contributed by atoms with Crippen LogP contribution in [0.15, 0.2) is 24.3 Å². The Balaban J connectivity index is 1.96. The minimum atomic E-state index is 0.0509. The largest absolute Gasteiger partial charge is 0.352 e. The molecule has 0 saturated carbocycles. The number of unbranched alkanes of at least 4 members (excludes halogenated alkanes) is 2. The molecule has 0 spiro atoms. The average molecular weight is 280 g/mol. The smallest absolute Gasteiger partial charge is 0.158 e. The van der Waals surface area contributed by atoms with Gasteiger partial charge < -0.3 is 9.47 Å². The summed E-state index contributed by atoms with van der Waals surface area (Å²) >= 11 is 0. The molecule has 0 amide bonds. The van der Waals surface area contributed by atoms with Gasteiger partial charge in [-0.15, -0.1) is 0 Å². The van der Waals surface area contributed by atoms with Crippen LogP contribution in [0, 0.1) is 0 Å². The van der Waals surface area contributed by atoms with Gasteiger partial charge in [-0.05, 0) is 32.1 Å². The summed E-state index contributed by atoms with van der Waals surface area (Å²) in [4.78, 5) is 0. The monoisotopic (exact) mass is 280 g/mol. The quantitative estimate of drug-likeness (QED) is 0.373. The van der Waals surface area contributed by atoms with Gasteiger partial charge in [-0.1, -0.05) is 57.4 Å². The van der Waals surface area contributed by atoms with Crippen molar-refractivity contribution in [3.05, 3.63) is 24.3 Å². The van der Waals surface area contributed by atoms with E-state index >= 15 is 0 Å². The Morgan fingerprint density at radius 2 is 1.90 bits per heavy atom. The number of ether oxygens (including phenoxy) is 2. The maximum absolute atomic E-state index is 5.91. The molecule has 0 aromatic heterocycles. The third kappa shape index (κ3) is 8.55. The van der Waals surface area contributed by atoms with E-state index in [2.05, 4.69) is 38.2 Å². The van der Waals surface area contributed by atoms with E-state index in [9.17, 15) is 0 Å². The zero-order chi connectivity index (χ0) is 14.5. The maximum atomic E-state index is 5.91. The van der Waals surface area contributed by atoms with Crippen LogP contribution in [0.3, 0.4) is 0 Å². The van der Waals surface area contributed by atoms with E-state index in [1.807, 2.05) is 0 Å². The summed E-state index contributed by atoms with van der Waals surface area (Å²) in [7, 11) is 0. The minimum Gasteiger partial charge on any atom is -0.352 e. The first-order valence-corrected chi connectivity index (χ1v) is 8.43. The lowest BCUT2D eigenvalue weighted by Gasteiger charge is -2.13. The van der Waals surface area contributed by atoms with Crippen LogP contribution in [0.1, 0.15) is 71.6 Å². The lowest BCUT2D eigenvalue weighted by molar-refractivity contribution is -0.133.